The quantitative estimate of drug-likeness (QED) is 0.840. The molecule has 0 spiro atoms. The molecule has 20 heavy (non-hydrogen) atoms. The topological polar surface area (TPSA) is 52.7 Å². The second-order valence-electron chi connectivity index (χ2n) is 5.22. The molecule has 5 nitrogen and oxygen atoms in total. The zero-order chi connectivity index (χ0) is 14.5. The highest BCUT2D eigenvalue weighted by atomic mass is 16.2. The van der Waals surface area contributed by atoms with Gasteiger partial charge in [0.2, 0.25) is 11.8 Å². The molecule has 0 radical (unpaired) electrons. The summed E-state index contributed by atoms with van der Waals surface area (Å²) in [6.45, 7) is 5.06. The van der Waals surface area contributed by atoms with E-state index in [0.29, 0.717) is 13.1 Å². The molecule has 108 valence electrons. The van der Waals surface area contributed by atoms with Gasteiger partial charge in [0.25, 0.3) is 0 Å². The number of nitrogens with one attached hydrogen (secondary N) is 1. The van der Waals surface area contributed by atoms with Gasteiger partial charge in [-0.25, -0.2) is 0 Å². The van der Waals surface area contributed by atoms with Gasteiger partial charge < -0.3 is 15.1 Å². The highest BCUT2D eigenvalue weighted by molar-refractivity contribution is 6.03. The number of hydrogen-bond donors (Lipinski definition) is 1. The zero-order valence-corrected chi connectivity index (χ0v) is 12.1. The number of benzene rings is 1. The Morgan fingerprint density at radius 1 is 1.15 bits per heavy atom. The number of nitrogens with zero attached hydrogens (tertiary/aromatic N) is 2. The average molecular weight is 275 g/mol. The number of carbonyl (C=O) groups excluding carboxylic acids is 2. The number of para-hydroxylation sites is 1. The SMILES string of the molecule is Cc1ccccc1NC(=O)CC(=O)N1CCN(C)CC1. The summed E-state index contributed by atoms with van der Waals surface area (Å²) in [6, 6.07) is 7.55. The fourth-order valence-electron chi connectivity index (χ4n) is 2.21. The molecule has 2 rings (SSSR count). The van der Waals surface area contributed by atoms with Gasteiger partial charge in [-0.2, -0.15) is 0 Å². The molecule has 0 bridgehead atoms. The standard InChI is InChI=1S/C15H21N3O2/c1-12-5-3-4-6-13(12)16-14(19)11-15(20)18-9-7-17(2)8-10-18/h3-6H,7-11H2,1-2H3,(H,16,19). The molecular weight excluding hydrogens is 254 g/mol. The maximum absolute atomic E-state index is 12.0. The van der Waals surface area contributed by atoms with Crippen molar-refractivity contribution in [2.75, 3.05) is 38.5 Å². The zero-order valence-electron chi connectivity index (χ0n) is 12.1. The highest BCUT2D eigenvalue weighted by Gasteiger charge is 2.21. The van der Waals surface area contributed by atoms with Gasteiger partial charge in [0, 0.05) is 31.9 Å². The van der Waals surface area contributed by atoms with Crippen molar-refractivity contribution in [1.82, 2.24) is 9.80 Å². The minimum atomic E-state index is -0.247. The fraction of sp³-hybridized carbons (Fsp3) is 0.467. The Hall–Kier alpha value is -1.88. The van der Waals surface area contributed by atoms with Crippen LogP contribution in [0.25, 0.3) is 0 Å². The van der Waals surface area contributed by atoms with Crippen molar-refractivity contribution in [1.29, 1.82) is 0 Å². The van der Waals surface area contributed by atoms with E-state index in [9.17, 15) is 9.59 Å². The van der Waals surface area contributed by atoms with Gasteiger partial charge >= 0.3 is 0 Å². The summed E-state index contributed by atoms with van der Waals surface area (Å²) in [5.74, 6) is -0.340. The third kappa shape index (κ3) is 3.81. The normalized spacial score (nSPS) is 16.0. The molecule has 0 atom stereocenters. The first kappa shape index (κ1) is 14.5. The Kier molecular flexibility index (Phi) is 4.74. The van der Waals surface area contributed by atoms with Crippen LogP contribution in [0, 0.1) is 6.92 Å². The van der Waals surface area contributed by atoms with Gasteiger partial charge in [-0.1, -0.05) is 18.2 Å². The monoisotopic (exact) mass is 275 g/mol. The lowest BCUT2D eigenvalue weighted by Gasteiger charge is -2.32. The molecule has 1 fully saturated rings. The van der Waals surface area contributed by atoms with Crippen LogP contribution in [0.3, 0.4) is 0 Å². The lowest BCUT2D eigenvalue weighted by molar-refractivity contribution is -0.135. The number of hydrogen-bond acceptors (Lipinski definition) is 3. The van der Waals surface area contributed by atoms with Gasteiger partial charge in [-0.15, -0.1) is 0 Å². The molecule has 0 unspecified atom stereocenters. The van der Waals surface area contributed by atoms with Crippen molar-refractivity contribution in [2.45, 2.75) is 13.3 Å². The van der Waals surface area contributed by atoms with E-state index >= 15 is 0 Å². The Bertz CT molecular complexity index is 494. The molecule has 1 aliphatic rings. The Balaban J connectivity index is 1.85. The maximum Gasteiger partial charge on any atom is 0.233 e. The Morgan fingerprint density at radius 3 is 2.45 bits per heavy atom. The second-order valence-corrected chi connectivity index (χ2v) is 5.22. The van der Waals surface area contributed by atoms with Crippen LogP contribution in [0.15, 0.2) is 24.3 Å². The van der Waals surface area contributed by atoms with E-state index in [2.05, 4.69) is 10.2 Å². The predicted molar refractivity (Wildman–Crippen MR) is 78.5 cm³/mol. The largest absolute Gasteiger partial charge is 0.340 e. The lowest BCUT2D eigenvalue weighted by Crippen LogP contribution is -2.47. The van der Waals surface area contributed by atoms with Crippen LogP contribution < -0.4 is 5.32 Å². The molecule has 1 aliphatic heterocycles. The number of aryl methyl sites for hydroxylation is 1. The highest BCUT2D eigenvalue weighted by Crippen LogP contribution is 2.13. The number of piperazine rings is 1. The summed E-state index contributed by atoms with van der Waals surface area (Å²) in [7, 11) is 2.03. The van der Waals surface area contributed by atoms with E-state index in [4.69, 9.17) is 0 Å². The first-order valence-corrected chi connectivity index (χ1v) is 6.88. The van der Waals surface area contributed by atoms with Crippen molar-refractivity contribution < 1.29 is 9.59 Å². The minimum Gasteiger partial charge on any atom is -0.340 e. The van der Waals surface area contributed by atoms with E-state index in [0.717, 1.165) is 24.3 Å². The summed E-state index contributed by atoms with van der Waals surface area (Å²) in [4.78, 5) is 27.9. The van der Waals surface area contributed by atoms with Crippen LogP contribution in [0.1, 0.15) is 12.0 Å². The molecule has 1 saturated heterocycles. The van der Waals surface area contributed by atoms with Gasteiger partial charge in [-0.05, 0) is 25.6 Å². The lowest BCUT2D eigenvalue weighted by atomic mass is 10.2. The first-order chi connectivity index (χ1) is 9.56. The molecule has 2 amide bonds. The number of carbonyl (C=O) groups is 2. The molecular formula is C15H21N3O2. The van der Waals surface area contributed by atoms with Gasteiger partial charge in [0.05, 0.1) is 0 Å². The smallest absolute Gasteiger partial charge is 0.233 e. The van der Waals surface area contributed by atoms with Crippen molar-refractivity contribution in [2.24, 2.45) is 0 Å². The third-order valence-corrected chi connectivity index (χ3v) is 3.59. The number of amides is 2. The molecule has 1 aromatic carbocycles. The van der Waals surface area contributed by atoms with Crippen LogP contribution in [0.2, 0.25) is 0 Å². The molecule has 5 heteroatoms. The van der Waals surface area contributed by atoms with Gasteiger partial charge in [0.15, 0.2) is 0 Å². The molecule has 1 heterocycles. The number of anilines is 1. The summed E-state index contributed by atoms with van der Waals surface area (Å²) >= 11 is 0. The van der Waals surface area contributed by atoms with Gasteiger partial charge in [0.1, 0.15) is 6.42 Å². The molecule has 0 aliphatic carbocycles. The third-order valence-electron chi connectivity index (χ3n) is 3.59. The Labute approximate surface area is 119 Å². The van der Waals surface area contributed by atoms with E-state index in [1.807, 2.05) is 38.2 Å². The van der Waals surface area contributed by atoms with E-state index < -0.39 is 0 Å². The van der Waals surface area contributed by atoms with E-state index in [1.54, 1.807) is 4.90 Å². The van der Waals surface area contributed by atoms with Crippen molar-refractivity contribution in [3.63, 3.8) is 0 Å². The van der Waals surface area contributed by atoms with Crippen LogP contribution >= 0.6 is 0 Å². The molecule has 0 aromatic heterocycles. The molecule has 1 aromatic rings. The predicted octanol–water partition coefficient (Wildman–Crippen LogP) is 1.10. The first-order valence-electron chi connectivity index (χ1n) is 6.88. The van der Waals surface area contributed by atoms with Crippen LogP contribution in [-0.4, -0.2) is 54.8 Å². The second kappa shape index (κ2) is 6.52. The van der Waals surface area contributed by atoms with Crippen LogP contribution in [-0.2, 0) is 9.59 Å². The minimum absolute atomic E-state index is 0.0853. The average Bonchev–Trinajstić information content (AvgIpc) is 2.42. The number of likely N-dealkylation sites (N-methyl/N-ethyl adjacent to an activating group) is 1. The summed E-state index contributed by atoms with van der Waals surface area (Å²) in [5.41, 5.74) is 1.76. The molecule has 0 saturated carbocycles. The van der Waals surface area contributed by atoms with Gasteiger partial charge in [-0.3, -0.25) is 9.59 Å². The fourth-order valence-corrected chi connectivity index (χ4v) is 2.21. The van der Waals surface area contributed by atoms with Crippen LogP contribution in [0.5, 0.6) is 0 Å². The number of rotatable bonds is 3. The summed E-state index contributed by atoms with van der Waals surface area (Å²) in [6.07, 6.45) is -0.0853. The maximum atomic E-state index is 12.0. The summed E-state index contributed by atoms with van der Waals surface area (Å²) < 4.78 is 0. The van der Waals surface area contributed by atoms with E-state index in [-0.39, 0.29) is 18.2 Å². The van der Waals surface area contributed by atoms with Crippen molar-refractivity contribution >= 4 is 17.5 Å². The van der Waals surface area contributed by atoms with Crippen LogP contribution in [0.4, 0.5) is 5.69 Å². The van der Waals surface area contributed by atoms with Crippen molar-refractivity contribution in [3.05, 3.63) is 29.8 Å². The Morgan fingerprint density at radius 2 is 1.80 bits per heavy atom. The molecule has 1 N–H and O–H groups in total. The van der Waals surface area contributed by atoms with E-state index in [1.165, 1.54) is 0 Å². The van der Waals surface area contributed by atoms with Crippen molar-refractivity contribution in [3.8, 4) is 0 Å². The summed E-state index contributed by atoms with van der Waals surface area (Å²) in [5, 5.41) is 2.79.